The maximum atomic E-state index is 13.3. The number of nitrogens with zero attached hydrogens (tertiary/aromatic N) is 1. The largest absolute Gasteiger partial charge is 0.416 e. The SMILES string of the molecule is COCCCCN1C(=O)C(C)(COC)Sc2cc(C(F)(F)F)c(C)cc21. The number of unbranched alkanes of at least 4 members (excludes halogenated alkanes) is 1. The first kappa shape index (κ1) is 21.1. The second-order valence-corrected chi connectivity index (χ2v) is 8.10. The van der Waals surface area contributed by atoms with E-state index in [0.717, 1.165) is 24.2 Å². The Kier molecular flexibility index (Phi) is 6.63. The number of ether oxygens (including phenoxy) is 2. The van der Waals surface area contributed by atoms with Gasteiger partial charge in [-0.05, 0) is 44.4 Å². The van der Waals surface area contributed by atoms with Crippen LogP contribution in [0.2, 0.25) is 0 Å². The van der Waals surface area contributed by atoms with Gasteiger partial charge in [0.05, 0.1) is 17.9 Å². The maximum Gasteiger partial charge on any atom is 0.416 e. The van der Waals surface area contributed by atoms with Crippen molar-refractivity contribution >= 4 is 23.4 Å². The van der Waals surface area contributed by atoms with E-state index in [0.29, 0.717) is 30.2 Å². The molecule has 0 radical (unpaired) electrons. The number of hydrogen-bond donors (Lipinski definition) is 0. The van der Waals surface area contributed by atoms with Gasteiger partial charge in [0.2, 0.25) is 5.91 Å². The molecular formula is C18H24F3NO3S. The van der Waals surface area contributed by atoms with Crippen LogP contribution in [-0.2, 0) is 20.4 Å². The second-order valence-electron chi connectivity index (χ2n) is 6.56. The van der Waals surface area contributed by atoms with E-state index < -0.39 is 16.5 Å². The molecule has 1 unspecified atom stereocenters. The number of thioether (sulfide) groups is 1. The van der Waals surface area contributed by atoms with E-state index in [1.165, 1.54) is 20.1 Å². The van der Waals surface area contributed by atoms with Crippen LogP contribution in [0.3, 0.4) is 0 Å². The lowest BCUT2D eigenvalue weighted by Crippen LogP contribution is -2.51. The van der Waals surface area contributed by atoms with Crippen LogP contribution < -0.4 is 4.90 Å². The fraction of sp³-hybridized carbons (Fsp3) is 0.611. The number of methoxy groups -OCH3 is 2. The van der Waals surface area contributed by atoms with Crippen LogP contribution in [0.4, 0.5) is 18.9 Å². The molecule has 0 bridgehead atoms. The molecule has 0 fully saturated rings. The topological polar surface area (TPSA) is 38.8 Å². The Balaban J connectivity index is 2.45. The first-order valence-corrected chi connectivity index (χ1v) is 9.16. The minimum atomic E-state index is -4.43. The molecule has 0 N–H and O–H groups in total. The van der Waals surface area contributed by atoms with E-state index in [-0.39, 0.29) is 18.1 Å². The summed E-state index contributed by atoms with van der Waals surface area (Å²) in [6.07, 6.45) is -2.96. The zero-order valence-corrected chi connectivity index (χ0v) is 16.2. The lowest BCUT2D eigenvalue weighted by Gasteiger charge is -2.40. The average molecular weight is 391 g/mol. The van der Waals surface area contributed by atoms with Crippen molar-refractivity contribution in [2.45, 2.75) is 42.5 Å². The van der Waals surface area contributed by atoms with Crippen molar-refractivity contribution in [3.8, 4) is 0 Å². The molecule has 0 aromatic heterocycles. The number of carbonyl (C=O) groups is 1. The lowest BCUT2D eigenvalue weighted by atomic mass is 10.0. The number of carbonyl (C=O) groups excluding carboxylic acids is 1. The summed E-state index contributed by atoms with van der Waals surface area (Å²) in [6.45, 7) is 4.26. The van der Waals surface area contributed by atoms with Gasteiger partial charge in [-0.3, -0.25) is 4.79 Å². The average Bonchev–Trinajstić information content (AvgIpc) is 2.54. The predicted molar refractivity (Wildman–Crippen MR) is 95.8 cm³/mol. The number of fused-ring (bicyclic) bond motifs is 1. The summed E-state index contributed by atoms with van der Waals surface area (Å²) in [6, 6.07) is 2.61. The minimum Gasteiger partial charge on any atom is -0.385 e. The normalized spacial score (nSPS) is 20.4. The summed E-state index contributed by atoms with van der Waals surface area (Å²) in [5.41, 5.74) is -0.0180. The highest BCUT2D eigenvalue weighted by Gasteiger charge is 2.45. The predicted octanol–water partition coefficient (Wildman–Crippen LogP) is 4.28. The highest BCUT2D eigenvalue weighted by molar-refractivity contribution is 8.01. The van der Waals surface area contributed by atoms with Crippen molar-refractivity contribution in [1.82, 2.24) is 0 Å². The van der Waals surface area contributed by atoms with E-state index in [2.05, 4.69) is 0 Å². The van der Waals surface area contributed by atoms with Crippen molar-refractivity contribution in [2.24, 2.45) is 0 Å². The Morgan fingerprint density at radius 1 is 1.19 bits per heavy atom. The first-order chi connectivity index (χ1) is 12.1. The van der Waals surface area contributed by atoms with Gasteiger partial charge in [0.1, 0.15) is 4.75 Å². The summed E-state index contributed by atoms with van der Waals surface area (Å²) < 4.78 is 49.1. The van der Waals surface area contributed by atoms with Crippen LogP contribution in [-0.4, -0.2) is 44.6 Å². The Hall–Kier alpha value is -1.25. The molecule has 0 aliphatic carbocycles. The molecule has 0 saturated carbocycles. The van der Waals surface area contributed by atoms with Gasteiger partial charge >= 0.3 is 6.18 Å². The molecule has 0 spiro atoms. The number of anilines is 1. The Labute approximate surface area is 156 Å². The number of alkyl halides is 3. The van der Waals surface area contributed by atoms with E-state index in [9.17, 15) is 18.0 Å². The van der Waals surface area contributed by atoms with Crippen LogP contribution in [0.15, 0.2) is 17.0 Å². The number of rotatable bonds is 7. The van der Waals surface area contributed by atoms with Gasteiger partial charge in [0.25, 0.3) is 0 Å². The molecule has 1 aromatic rings. The molecule has 1 aliphatic rings. The third-order valence-corrected chi connectivity index (χ3v) is 5.62. The molecule has 1 aliphatic heterocycles. The number of aryl methyl sites for hydroxylation is 1. The van der Waals surface area contributed by atoms with Gasteiger partial charge < -0.3 is 14.4 Å². The van der Waals surface area contributed by atoms with Crippen molar-refractivity contribution in [1.29, 1.82) is 0 Å². The third-order valence-electron chi connectivity index (χ3n) is 4.33. The summed E-state index contributed by atoms with van der Waals surface area (Å²) >= 11 is 1.14. The standard InChI is InChI=1S/C18H24F3NO3S/c1-12-9-14-15(10-13(12)18(19,20)21)26-17(2,11-25-4)16(23)22(14)7-5-6-8-24-3/h9-10H,5-8,11H2,1-4H3. The zero-order chi connectivity index (χ0) is 19.5. The molecular weight excluding hydrogens is 367 g/mol. The quantitative estimate of drug-likeness (QED) is 0.650. The molecule has 26 heavy (non-hydrogen) atoms. The van der Waals surface area contributed by atoms with Gasteiger partial charge in [-0.25, -0.2) is 0 Å². The van der Waals surface area contributed by atoms with Crippen LogP contribution >= 0.6 is 11.8 Å². The first-order valence-electron chi connectivity index (χ1n) is 8.34. The molecule has 1 atom stereocenters. The van der Waals surface area contributed by atoms with Crippen LogP contribution in [0, 0.1) is 6.92 Å². The van der Waals surface area contributed by atoms with Crippen LogP contribution in [0.1, 0.15) is 30.9 Å². The third kappa shape index (κ3) is 4.35. The van der Waals surface area contributed by atoms with Gasteiger partial charge in [-0.15, -0.1) is 11.8 Å². The summed E-state index contributed by atoms with van der Waals surface area (Å²) in [4.78, 5) is 15.1. The molecule has 2 rings (SSSR count). The van der Waals surface area contributed by atoms with E-state index in [4.69, 9.17) is 9.47 Å². The molecule has 1 aromatic carbocycles. The van der Waals surface area contributed by atoms with E-state index >= 15 is 0 Å². The van der Waals surface area contributed by atoms with E-state index in [1.807, 2.05) is 0 Å². The Bertz CT molecular complexity index is 666. The molecule has 8 heteroatoms. The maximum absolute atomic E-state index is 13.3. The number of halogens is 3. The van der Waals surface area contributed by atoms with Gasteiger partial charge in [-0.1, -0.05) is 0 Å². The number of benzene rings is 1. The highest BCUT2D eigenvalue weighted by Crippen LogP contribution is 2.48. The monoisotopic (exact) mass is 391 g/mol. The second kappa shape index (κ2) is 8.19. The van der Waals surface area contributed by atoms with Crippen molar-refractivity contribution < 1.29 is 27.4 Å². The fourth-order valence-electron chi connectivity index (χ4n) is 3.06. The smallest absolute Gasteiger partial charge is 0.385 e. The molecule has 1 amide bonds. The molecule has 1 heterocycles. The number of amides is 1. The minimum absolute atomic E-state index is 0.113. The lowest BCUT2D eigenvalue weighted by molar-refractivity contribution is -0.138. The van der Waals surface area contributed by atoms with E-state index in [1.54, 1.807) is 18.9 Å². The van der Waals surface area contributed by atoms with Crippen molar-refractivity contribution in [2.75, 3.05) is 38.9 Å². The van der Waals surface area contributed by atoms with Gasteiger partial charge in [-0.2, -0.15) is 13.2 Å². The zero-order valence-electron chi connectivity index (χ0n) is 15.4. The summed E-state index contributed by atoms with van der Waals surface area (Å²) in [5, 5.41) is 0. The number of hydrogen-bond acceptors (Lipinski definition) is 4. The molecule has 146 valence electrons. The Morgan fingerprint density at radius 2 is 1.88 bits per heavy atom. The highest BCUT2D eigenvalue weighted by atomic mass is 32.2. The van der Waals surface area contributed by atoms with Crippen molar-refractivity contribution in [3.63, 3.8) is 0 Å². The van der Waals surface area contributed by atoms with Crippen LogP contribution in [0.5, 0.6) is 0 Å². The van der Waals surface area contributed by atoms with Crippen molar-refractivity contribution in [3.05, 3.63) is 23.3 Å². The van der Waals surface area contributed by atoms with Gasteiger partial charge in [0, 0.05) is 32.3 Å². The van der Waals surface area contributed by atoms with Gasteiger partial charge in [0.15, 0.2) is 0 Å². The Morgan fingerprint density at radius 3 is 2.46 bits per heavy atom. The fourth-order valence-corrected chi connectivity index (χ4v) is 4.37. The summed E-state index contributed by atoms with van der Waals surface area (Å²) in [5.74, 6) is -0.145. The molecule has 0 saturated heterocycles. The summed E-state index contributed by atoms with van der Waals surface area (Å²) in [7, 11) is 3.09. The molecule has 4 nitrogen and oxygen atoms in total. The van der Waals surface area contributed by atoms with Crippen LogP contribution in [0.25, 0.3) is 0 Å².